The van der Waals surface area contributed by atoms with Crippen molar-refractivity contribution in [3.8, 4) is 0 Å². The third kappa shape index (κ3) is 3.53. The molecule has 1 aromatic carbocycles. The van der Waals surface area contributed by atoms with E-state index >= 15 is 0 Å². The second kappa shape index (κ2) is 6.70. The minimum absolute atomic E-state index is 0.0122. The number of rotatable bonds is 3. The number of nitrogens with zero attached hydrogens (tertiary/aromatic N) is 2. The van der Waals surface area contributed by atoms with Gasteiger partial charge in [-0.15, -0.1) is 0 Å². The quantitative estimate of drug-likeness (QED) is 0.911. The van der Waals surface area contributed by atoms with Crippen LogP contribution >= 0.6 is 0 Å². The van der Waals surface area contributed by atoms with Gasteiger partial charge in [0.05, 0.1) is 6.04 Å². The number of carbonyl (C=O) groups excluding carboxylic acids is 2. The minimum Gasteiger partial charge on any atom is -0.333 e. The van der Waals surface area contributed by atoms with Crippen LogP contribution in [0.25, 0.3) is 0 Å². The first kappa shape index (κ1) is 16.0. The van der Waals surface area contributed by atoms with Crippen molar-refractivity contribution in [1.29, 1.82) is 0 Å². The van der Waals surface area contributed by atoms with E-state index in [1.54, 1.807) is 11.1 Å². The Morgan fingerprint density at radius 1 is 1.21 bits per heavy atom. The SMILES string of the molecule is Cc1ccc(N2C[C@@H](NC(=O)Nc3ncccc3C)CC2=O)cc1. The molecular formula is C18H20N4O2. The zero-order valence-corrected chi connectivity index (χ0v) is 13.7. The number of aromatic nitrogens is 1. The third-order valence-electron chi connectivity index (χ3n) is 4.05. The molecule has 0 saturated carbocycles. The number of hydrogen-bond acceptors (Lipinski definition) is 3. The highest BCUT2D eigenvalue weighted by atomic mass is 16.2. The molecule has 3 rings (SSSR count). The number of nitrogens with one attached hydrogen (secondary N) is 2. The van der Waals surface area contributed by atoms with Gasteiger partial charge >= 0.3 is 6.03 Å². The fraction of sp³-hybridized carbons (Fsp3) is 0.278. The van der Waals surface area contributed by atoms with Gasteiger partial charge in [-0.25, -0.2) is 9.78 Å². The van der Waals surface area contributed by atoms with Gasteiger partial charge in [0.1, 0.15) is 5.82 Å². The largest absolute Gasteiger partial charge is 0.333 e. The summed E-state index contributed by atoms with van der Waals surface area (Å²) in [7, 11) is 0. The fourth-order valence-corrected chi connectivity index (χ4v) is 2.72. The lowest BCUT2D eigenvalue weighted by molar-refractivity contribution is -0.117. The van der Waals surface area contributed by atoms with Gasteiger partial charge in [0, 0.05) is 24.8 Å². The average Bonchev–Trinajstić information content (AvgIpc) is 2.90. The van der Waals surface area contributed by atoms with Crippen LogP contribution in [0.3, 0.4) is 0 Å². The molecule has 2 N–H and O–H groups in total. The molecular weight excluding hydrogens is 304 g/mol. The number of anilines is 2. The predicted molar refractivity (Wildman–Crippen MR) is 93.1 cm³/mol. The first-order valence-electron chi connectivity index (χ1n) is 7.89. The van der Waals surface area contributed by atoms with E-state index in [0.29, 0.717) is 18.8 Å². The molecule has 0 spiro atoms. The summed E-state index contributed by atoms with van der Waals surface area (Å²) < 4.78 is 0. The van der Waals surface area contributed by atoms with Crippen LogP contribution in [0.2, 0.25) is 0 Å². The molecule has 3 amide bonds. The molecule has 1 aliphatic rings. The molecule has 0 bridgehead atoms. The summed E-state index contributed by atoms with van der Waals surface area (Å²) in [5.74, 6) is 0.535. The molecule has 2 aromatic rings. The van der Waals surface area contributed by atoms with Gasteiger partial charge < -0.3 is 10.2 Å². The fourth-order valence-electron chi connectivity index (χ4n) is 2.72. The van der Waals surface area contributed by atoms with Crippen LogP contribution in [0, 0.1) is 13.8 Å². The van der Waals surface area contributed by atoms with E-state index in [2.05, 4.69) is 15.6 Å². The van der Waals surface area contributed by atoms with Gasteiger partial charge in [-0.1, -0.05) is 23.8 Å². The van der Waals surface area contributed by atoms with Crippen LogP contribution < -0.4 is 15.5 Å². The van der Waals surface area contributed by atoms with Crippen molar-refractivity contribution in [3.63, 3.8) is 0 Å². The Labute approximate surface area is 140 Å². The molecule has 1 fully saturated rings. The number of aryl methyl sites for hydroxylation is 2. The van der Waals surface area contributed by atoms with Gasteiger partial charge in [-0.05, 0) is 37.6 Å². The normalized spacial score (nSPS) is 17.0. The summed E-state index contributed by atoms with van der Waals surface area (Å²) in [5, 5.41) is 5.57. The number of pyridine rings is 1. The van der Waals surface area contributed by atoms with Crippen molar-refractivity contribution in [2.45, 2.75) is 26.3 Å². The van der Waals surface area contributed by atoms with E-state index in [-0.39, 0.29) is 18.0 Å². The summed E-state index contributed by atoms with van der Waals surface area (Å²) in [4.78, 5) is 30.2. The van der Waals surface area contributed by atoms with Crippen molar-refractivity contribution in [2.24, 2.45) is 0 Å². The highest BCUT2D eigenvalue weighted by Gasteiger charge is 2.31. The molecule has 24 heavy (non-hydrogen) atoms. The van der Waals surface area contributed by atoms with Crippen LogP contribution in [0.1, 0.15) is 17.5 Å². The van der Waals surface area contributed by atoms with E-state index in [9.17, 15) is 9.59 Å². The van der Waals surface area contributed by atoms with Crippen LogP contribution in [0.4, 0.5) is 16.3 Å². The molecule has 0 aliphatic carbocycles. The number of carbonyl (C=O) groups is 2. The molecule has 1 saturated heterocycles. The maximum atomic E-state index is 12.2. The average molecular weight is 324 g/mol. The standard InChI is InChI=1S/C18H20N4O2/c1-12-5-7-15(8-6-12)22-11-14(10-16(22)23)20-18(24)21-17-13(2)4-3-9-19-17/h3-9,14H,10-11H2,1-2H3,(H2,19,20,21,24)/t14-/m0/s1. The smallest absolute Gasteiger partial charge is 0.320 e. The highest BCUT2D eigenvalue weighted by molar-refractivity contribution is 5.97. The maximum absolute atomic E-state index is 12.2. The Bertz CT molecular complexity index is 758. The predicted octanol–water partition coefficient (Wildman–Crippen LogP) is 2.63. The molecule has 6 heteroatoms. The van der Waals surface area contributed by atoms with Crippen molar-refractivity contribution in [3.05, 3.63) is 53.7 Å². The summed E-state index contributed by atoms with van der Waals surface area (Å²) >= 11 is 0. The Morgan fingerprint density at radius 2 is 1.96 bits per heavy atom. The van der Waals surface area contributed by atoms with Gasteiger partial charge in [0.25, 0.3) is 0 Å². The zero-order valence-electron chi connectivity index (χ0n) is 13.7. The van der Waals surface area contributed by atoms with Crippen molar-refractivity contribution < 1.29 is 9.59 Å². The number of hydrogen-bond donors (Lipinski definition) is 2. The Hall–Kier alpha value is -2.89. The Morgan fingerprint density at radius 3 is 2.67 bits per heavy atom. The summed E-state index contributed by atoms with van der Waals surface area (Å²) in [6.07, 6.45) is 1.92. The number of benzene rings is 1. The van der Waals surface area contributed by atoms with Crippen molar-refractivity contribution in [1.82, 2.24) is 10.3 Å². The molecule has 0 radical (unpaired) electrons. The Kier molecular flexibility index (Phi) is 4.46. The lowest BCUT2D eigenvalue weighted by Crippen LogP contribution is -2.40. The molecule has 0 unspecified atom stereocenters. The number of urea groups is 1. The topological polar surface area (TPSA) is 74.3 Å². The van der Waals surface area contributed by atoms with E-state index in [0.717, 1.165) is 16.8 Å². The molecule has 6 nitrogen and oxygen atoms in total. The lowest BCUT2D eigenvalue weighted by Gasteiger charge is -2.17. The zero-order chi connectivity index (χ0) is 17.1. The highest BCUT2D eigenvalue weighted by Crippen LogP contribution is 2.22. The Balaban J connectivity index is 1.61. The van der Waals surface area contributed by atoms with E-state index in [4.69, 9.17) is 0 Å². The summed E-state index contributed by atoms with van der Waals surface area (Å²) in [5.41, 5.74) is 2.89. The molecule has 2 heterocycles. The van der Waals surface area contributed by atoms with Crippen molar-refractivity contribution in [2.75, 3.05) is 16.8 Å². The second-order valence-electron chi connectivity index (χ2n) is 6.01. The first-order chi connectivity index (χ1) is 11.5. The molecule has 1 atom stereocenters. The lowest BCUT2D eigenvalue weighted by atomic mass is 10.2. The summed E-state index contributed by atoms with van der Waals surface area (Å²) in [6.45, 7) is 4.35. The first-order valence-corrected chi connectivity index (χ1v) is 7.89. The van der Waals surface area contributed by atoms with E-state index in [1.807, 2.05) is 50.2 Å². The van der Waals surface area contributed by atoms with E-state index in [1.165, 1.54) is 0 Å². The molecule has 1 aromatic heterocycles. The minimum atomic E-state index is -0.347. The maximum Gasteiger partial charge on any atom is 0.320 e. The van der Waals surface area contributed by atoms with Gasteiger partial charge in [-0.3, -0.25) is 10.1 Å². The summed E-state index contributed by atoms with van der Waals surface area (Å²) in [6, 6.07) is 10.9. The van der Waals surface area contributed by atoms with Crippen LogP contribution in [-0.2, 0) is 4.79 Å². The van der Waals surface area contributed by atoms with Crippen LogP contribution in [0.15, 0.2) is 42.6 Å². The molecule has 124 valence electrons. The van der Waals surface area contributed by atoms with E-state index < -0.39 is 0 Å². The van der Waals surface area contributed by atoms with Crippen molar-refractivity contribution >= 4 is 23.4 Å². The van der Waals surface area contributed by atoms with Gasteiger partial charge in [0.2, 0.25) is 5.91 Å². The third-order valence-corrected chi connectivity index (χ3v) is 4.05. The monoisotopic (exact) mass is 324 g/mol. The van der Waals surface area contributed by atoms with Crippen LogP contribution in [-0.4, -0.2) is 29.5 Å². The molecule has 1 aliphatic heterocycles. The van der Waals surface area contributed by atoms with Gasteiger partial charge in [0.15, 0.2) is 0 Å². The van der Waals surface area contributed by atoms with Crippen LogP contribution in [0.5, 0.6) is 0 Å². The van der Waals surface area contributed by atoms with Gasteiger partial charge in [-0.2, -0.15) is 0 Å². The number of amides is 3. The second-order valence-corrected chi connectivity index (χ2v) is 6.01.